The van der Waals surface area contributed by atoms with Crippen molar-refractivity contribution in [2.24, 2.45) is 0 Å². The smallest absolute Gasteiger partial charge is 0.234 e. The van der Waals surface area contributed by atoms with Crippen LogP contribution in [0.3, 0.4) is 0 Å². The number of carbonyl (C=O) groups is 3. The monoisotopic (exact) mass is 652 g/mol. The second kappa shape index (κ2) is 20.3. The number of unbranched alkanes of at least 4 members (excludes halogenated alkanes) is 3. The SMILES string of the molecule is CCCCCCNC(=O)CN(CC(=O)NCCO[C@@H]1O[C@@H](C)[C@@H](O)[C@@H](O)[C@@H]1O)CC(=O)NCCO[C@@H]1O[C@@H](C)[C@@H](O)[C@@H](O)[C@@H]1O. The molecule has 2 fully saturated rings. The molecule has 0 radical (unpaired) electrons. The molecule has 0 spiro atoms. The predicted molar refractivity (Wildman–Crippen MR) is 156 cm³/mol. The van der Waals surface area contributed by atoms with Gasteiger partial charge in [0.15, 0.2) is 12.6 Å². The zero-order valence-electron chi connectivity index (χ0n) is 26.2. The Morgan fingerprint density at radius 1 is 0.600 bits per heavy atom. The Bertz CT molecular complexity index is 847. The van der Waals surface area contributed by atoms with Crippen LogP contribution in [0.2, 0.25) is 0 Å². The Morgan fingerprint density at radius 2 is 1.00 bits per heavy atom. The lowest BCUT2D eigenvalue weighted by Crippen LogP contribution is -2.57. The molecule has 0 aromatic rings. The molecule has 2 aliphatic rings. The van der Waals surface area contributed by atoms with Crippen LogP contribution in [-0.4, -0.2) is 167 Å². The van der Waals surface area contributed by atoms with Crippen molar-refractivity contribution in [3.8, 4) is 0 Å². The number of nitrogens with zero attached hydrogens (tertiary/aromatic N) is 1. The predicted octanol–water partition coefficient (Wildman–Crippen LogP) is -4.09. The Morgan fingerprint density at radius 3 is 1.40 bits per heavy atom. The molecular formula is C28H52N4O13. The van der Waals surface area contributed by atoms with Crippen LogP contribution in [0.1, 0.15) is 46.5 Å². The van der Waals surface area contributed by atoms with Crippen molar-refractivity contribution in [3.05, 3.63) is 0 Å². The van der Waals surface area contributed by atoms with Crippen molar-refractivity contribution < 1.29 is 64.0 Å². The molecule has 3 amide bonds. The highest BCUT2D eigenvalue weighted by Crippen LogP contribution is 2.22. The number of carbonyl (C=O) groups excluding carboxylic acids is 3. The summed E-state index contributed by atoms with van der Waals surface area (Å²) < 4.78 is 21.5. The van der Waals surface area contributed by atoms with Gasteiger partial charge in [0.05, 0.1) is 45.1 Å². The van der Waals surface area contributed by atoms with Gasteiger partial charge >= 0.3 is 0 Å². The molecule has 9 N–H and O–H groups in total. The molecule has 2 aliphatic heterocycles. The maximum atomic E-state index is 12.6. The van der Waals surface area contributed by atoms with Crippen molar-refractivity contribution in [2.75, 3.05) is 52.5 Å². The van der Waals surface area contributed by atoms with Crippen LogP contribution in [-0.2, 0) is 33.3 Å². The summed E-state index contributed by atoms with van der Waals surface area (Å²) in [7, 11) is 0. The van der Waals surface area contributed by atoms with Gasteiger partial charge in [-0.25, -0.2) is 0 Å². The van der Waals surface area contributed by atoms with Gasteiger partial charge < -0.3 is 65.5 Å². The second-order valence-electron chi connectivity index (χ2n) is 11.4. The molecule has 0 aromatic heterocycles. The molecule has 2 heterocycles. The minimum Gasteiger partial charge on any atom is -0.388 e. The lowest BCUT2D eigenvalue weighted by Gasteiger charge is -2.38. The van der Waals surface area contributed by atoms with Crippen molar-refractivity contribution in [1.82, 2.24) is 20.9 Å². The van der Waals surface area contributed by atoms with E-state index in [-0.39, 0.29) is 51.8 Å². The number of ether oxygens (including phenoxy) is 4. The van der Waals surface area contributed by atoms with E-state index in [9.17, 15) is 45.0 Å². The molecule has 0 bridgehead atoms. The van der Waals surface area contributed by atoms with E-state index in [0.717, 1.165) is 25.7 Å². The summed E-state index contributed by atoms with van der Waals surface area (Å²) in [6, 6.07) is 0. The van der Waals surface area contributed by atoms with Crippen LogP contribution < -0.4 is 16.0 Å². The third kappa shape index (κ3) is 13.3. The van der Waals surface area contributed by atoms with Gasteiger partial charge in [-0.05, 0) is 20.3 Å². The molecule has 262 valence electrons. The quantitative estimate of drug-likeness (QED) is 0.0602. The van der Waals surface area contributed by atoms with Crippen molar-refractivity contribution in [3.63, 3.8) is 0 Å². The molecule has 17 heteroatoms. The van der Waals surface area contributed by atoms with Gasteiger partial charge in [-0.1, -0.05) is 26.2 Å². The average molecular weight is 653 g/mol. The summed E-state index contributed by atoms with van der Waals surface area (Å²) in [6.45, 7) is 4.60. The van der Waals surface area contributed by atoms with Crippen LogP contribution in [0, 0.1) is 0 Å². The molecule has 0 aliphatic carbocycles. The Balaban J connectivity index is 1.80. The number of nitrogens with one attached hydrogen (secondary N) is 3. The normalized spacial score (nSPS) is 31.9. The summed E-state index contributed by atoms with van der Waals surface area (Å²) in [5.41, 5.74) is 0. The molecule has 45 heavy (non-hydrogen) atoms. The minimum atomic E-state index is -1.48. The van der Waals surface area contributed by atoms with E-state index in [2.05, 4.69) is 22.9 Å². The molecule has 10 atom stereocenters. The summed E-state index contributed by atoms with van der Waals surface area (Å²) in [5, 5.41) is 67.4. The zero-order chi connectivity index (χ0) is 33.5. The van der Waals surface area contributed by atoms with Gasteiger partial charge in [-0.3, -0.25) is 19.3 Å². The summed E-state index contributed by atoms with van der Waals surface area (Å²) in [4.78, 5) is 39.1. The highest BCUT2D eigenvalue weighted by Gasteiger charge is 2.43. The molecule has 0 unspecified atom stereocenters. The van der Waals surface area contributed by atoms with E-state index in [4.69, 9.17) is 18.9 Å². The lowest BCUT2D eigenvalue weighted by molar-refractivity contribution is -0.292. The maximum absolute atomic E-state index is 12.6. The maximum Gasteiger partial charge on any atom is 0.234 e. The van der Waals surface area contributed by atoms with E-state index in [1.807, 2.05) is 0 Å². The first-order valence-corrected chi connectivity index (χ1v) is 15.5. The van der Waals surface area contributed by atoms with E-state index >= 15 is 0 Å². The summed E-state index contributed by atoms with van der Waals surface area (Å²) in [6.07, 6.45) is -8.45. The Hall–Kier alpha value is -2.03. The van der Waals surface area contributed by atoms with Gasteiger partial charge in [0.1, 0.15) is 36.6 Å². The zero-order valence-corrected chi connectivity index (χ0v) is 26.2. The number of hydrogen-bond donors (Lipinski definition) is 9. The fourth-order valence-electron chi connectivity index (χ4n) is 4.76. The number of aliphatic hydroxyl groups is 6. The van der Waals surface area contributed by atoms with Crippen LogP contribution >= 0.6 is 0 Å². The van der Waals surface area contributed by atoms with Gasteiger partial charge in [0, 0.05) is 19.6 Å². The standard InChI is InChI=1S/C28H52N4O13/c1-4-5-6-7-8-29-18(33)13-32(14-19(34)30-9-11-42-27-25(40)23(38)21(36)16(2)44-27)15-20(35)31-10-12-43-28-26(41)24(39)22(37)17(3)45-28/h16-17,21-28,36-41H,4-15H2,1-3H3,(H,29,33)(H,30,34)(H,31,35)/t16-,17-,21+,22+,23+,24+,25-,26-,27+,28+/m0/s1. The molecule has 17 nitrogen and oxygen atoms in total. The third-order valence-corrected chi connectivity index (χ3v) is 7.48. The van der Waals surface area contributed by atoms with Crippen molar-refractivity contribution in [2.45, 2.75) is 108 Å². The molecular weight excluding hydrogens is 600 g/mol. The second-order valence-corrected chi connectivity index (χ2v) is 11.4. The van der Waals surface area contributed by atoms with E-state index in [1.54, 1.807) is 0 Å². The number of rotatable bonds is 19. The Kier molecular flexibility index (Phi) is 17.6. The van der Waals surface area contributed by atoms with E-state index in [1.165, 1.54) is 18.7 Å². The largest absolute Gasteiger partial charge is 0.388 e. The first-order chi connectivity index (χ1) is 21.3. The van der Waals surface area contributed by atoms with E-state index < -0.39 is 73.2 Å². The summed E-state index contributed by atoms with van der Waals surface area (Å²) >= 11 is 0. The van der Waals surface area contributed by atoms with Gasteiger partial charge in [0.25, 0.3) is 0 Å². The third-order valence-electron chi connectivity index (χ3n) is 7.48. The van der Waals surface area contributed by atoms with E-state index in [0.29, 0.717) is 6.54 Å². The molecule has 2 rings (SSSR count). The number of aliphatic hydroxyl groups excluding tert-OH is 6. The van der Waals surface area contributed by atoms with Gasteiger partial charge in [-0.15, -0.1) is 0 Å². The molecule has 2 saturated heterocycles. The molecule has 0 aromatic carbocycles. The summed E-state index contributed by atoms with van der Waals surface area (Å²) in [5.74, 6) is -1.36. The van der Waals surface area contributed by atoms with Crippen molar-refractivity contribution >= 4 is 17.7 Å². The van der Waals surface area contributed by atoms with Crippen LogP contribution in [0.5, 0.6) is 0 Å². The number of hydrogen-bond acceptors (Lipinski definition) is 14. The Labute approximate surface area is 263 Å². The topological polar surface area (TPSA) is 249 Å². The van der Waals surface area contributed by atoms with Crippen molar-refractivity contribution in [1.29, 1.82) is 0 Å². The number of amides is 3. The average Bonchev–Trinajstić information content (AvgIpc) is 2.99. The fraction of sp³-hybridized carbons (Fsp3) is 0.893. The highest BCUT2D eigenvalue weighted by molar-refractivity contribution is 5.84. The highest BCUT2D eigenvalue weighted by atomic mass is 16.7. The molecule has 0 saturated carbocycles. The first-order valence-electron chi connectivity index (χ1n) is 15.5. The van der Waals surface area contributed by atoms with Crippen LogP contribution in [0.4, 0.5) is 0 Å². The lowest BCUT2D eigenvalue weighted by atomic mass is 10.0. The van der Waals surface area contributed by atoms with Gasteiger partial charge in [0.2, 0.25) is 17.7 Å². The van der Waals surface area contributed by atoms with Gasteiger partial charge in [-0.2, -0.15) is 0 Å². The van der Waals surface area contributed by atoms with Crippen LogP contribution in [0.15, 0.2) is 0 Å². The van der Waals surface area contributed by atoms with Crippen LogP contribution in [0.25, 0.3) is 0 Å². The fourth-order valence-corrected chi connectivity index (χ4v) is 4.76. The first kappa shape index (κ1) is 39.1. The minimum absolute atomic E-state index is 0.00112.